The van der Waals surface area contributed by atoms with E-state index in [2.05, 4.69) is 15.5 Å². The Balaban J connectivity index is 1.28. The largest absolute Gasteiger partial charge is 0.465 e. The van der Waals surface area contributed by atoms with E-state index in [9.17, 15) is 19.1 Å². The molecule has 1 aliphatic heterocycles. The second-order valence-electron chi connectivity index (χ2n) is 10.1. The van der Waals surface area contributed by atoms with Gasteiger partial charge in [-0.05, 0) is 43.9 Å². The lowest BCUT2D eigenvalue weighted by Crippen LogP contribution is -2.48. The van der Waals surface area contributed by atoms with E-state index in [-0.39, 0.29) is 28.9 Å². The zero-order valence-electron chi connectivity index (χ0n) is 21.0. The lowest BCUT2D eigenvalue weighted by atomic mass is 10.0. The SMILES string of the molecule is Cn1cc2cc(NC(=O)c3cc(F)c(N4CCC(N(C(=O)O)C5CC5)CC4)c4cn(C)nc34)cc(F)c2n1. The third kappa shape index (κ3) is 4.19. The first-order valence-corrected chi connectivity index (χ1v) is 12.6. The van der Waals surface area contributed by atoms with E-state index in [1.54, 1.807) is 37.5 Å². The predicted octanol–water partition coefficient (Wildman–Crippen LogP) is 4.10. The number of nitrogens with zero attached hydrogens (tertiary/aromatic N) is 6. The van der Waals surface area contributed by atoms with E-state index in [4.69, 9.17) is 0 Å². The lowest BCUT2D eigenvalue weighted by Gasteiger charge is -2.38. The van der Waals surface area contributed by atoms with Gasteiger partial charge in [-0.25, -0.2) is 13.6 Å². The molecular formula is C26H27F2N7O3. The molecule has 0 unspecified atom stereocenters. The van der Waals surface area contributed by atoms with E-state index in [1.165, 1.54) is 21.5 Å². The van der Waals surface area contributed by atoms with E-state index >= 15 is 4.39 Å². The van der Waals surface area contributed by atoms with Gasteiger partial charge in [0.25, 0.3) is 5.91 Å². The molecule has 0 spiro atoms. The average molecular weight is 524 g/mol. The Morgan fingerprint density at radius 2 is 1.61 bits per heavy atom. The molecule has 1 aliphatic carbocycles. The molecule has 2 aromatic carbocycles. The van der Waals surface area contributed by atoms with Crippen LogP contribution in [-0.4, -0.2) is 66.7 Å². The van der Waals surface area contributed by atoms with Crippen molar-refractivity contribution in [3.8, 4) is 0 Å². The van der Waals surface area contributed by atoms with Crippen LogP contribution in [0.1, 0.15) is 36.0 Å². The van der Waals surface area contributed by atoms with Gasteiger partial charge in [0, 0.05) is 68.1 Å². The topological polar surface area (TPSA) is 109 Å². The van der Waals surface area contributed by atoms with Crippen LogP contribution < -0.4 is 10.2 Å². The second-order valence-corrected chi connectivity index (χ2v) is 10.1. The molecule has 3 heterocycles. The van der Waals surface area contributed by atoms with E-state index in [1.807, 2.05) is 4.90 Å². The standard InChI is InChI=1S/C26H27F2N7O3/c1-32-12-14-9-15(10-20(27)22(14)30-32)29-25(36)18-11-21(28)24(19-13-33(2)31-23(18)19)34-7-5-17(6-8-34)35(26(37)38)16-3-4-16/h9-13,16-17H,3-8H2,1-2H3,(H,29,36)(H,37,38). The number of benzene rings is 2. The summed E-state index contributed by atoms with van der Waals surface area (Å²) < 4.78 is 33.2. The maximum atomic E-state index is 15.6. The molecule has 2 amide bonds. The van der Waals surface area contributed by atoms with Crippen LogP contribution in [0.4, 0.5) is 25.0 Å². The van der Waals surface area contributed by atoms with Crippen LogP contribution in [0.25, 0.3) is 21.8 Å². The number of aromatic nitrogens is 4. The number of halogens is 2. The minimum Gasteiger partial charge on any atom is -0.465 e. The Kier molecular flexibility index (Phi) is 5.69. The Hall–Kier alpha value is -4.22. The first kappa shape index (κ1) is 24.1. The zero-order valence-corrected chi connectivity index (χ0v) is 21.0. The Morgan fingerprint density at radius 3 is 2.29 bits per heavy atom. The monoisotopic (exact) mass is 523 g/mol. The molecule has 2 fully saturated rings. The number of carbonyl (C=O) groups is 2. The van der Waals surface area contributed by atoms with Gasteiger partial charge in [0.05, 0.1) is 11.3 Å². The number of rotatable bonds is 5. The number of hydrogen-bond donors (Lipinski definition) is 2. The van der Waals surface area contributed by atoms with Gasteiger partial charge >= 0.3 is 6.09 Å². The molecule has 10 nitrogen and oxygen atoms in total. The molecule has 12 heteroatoms. The van der Waals surface area contributed by atoms with E-state index in [0.29, 0.717) is 47.9 Å². The number of fused-ring (bicyclic) bond motifs is 2. The van der Waals surface area contributed by atoms with Crippen molar-refractivity contribution in [2.24, 2.45) is 14.1 Å². The van der Waals surface area contributed by atoms with Gasteiger partial charge in [-0.15, -0.1) is 0 Å². The number of nitrogens with one attached hydrogen (secondary N) is 1. The molecule has 4 aromatic rings. The van der Waals surface area contributed by atoms with Crippen molar-refractivity contribution in [3.05, 3.63) is 47.8 Å². The number of hydrogen-bond acceptors (Lipinski definition) is 5. The van der Waals surface area contributed by atoms with Crippen molar-refractivity contribution < 1.29 is 23.5 Å². The third-order valence-electron chi connectivity index (χ3n) is 7.35. The van der Waals surface area contributed by atoms with Crippen LogP contribution in [0.5, 0.6) is 0 Å². The summed E-state index contributed by atoms with van der Waals surface area (Å²) in [6, 6.07) is 3.95. The van der Waals surface area contributed by atoms with Crippen molar-refractivity contribution in [2.45, 2.75) is 37.8 Å². The summed E-state index contributed by atoms with van der Waals surface area (Å²) in [7, 11) is 3.37. The molecule has 2 aliphatic rings. The van der Waals surface area contributed by atoms with E-state index in [0.717, 1.165) is 12.8 Å². The minimum absolute atomic E-state index is 0.0363. The number of carbonyl (C=O) groups excluding carboxylic acids is 1. The molecule has 38 heavy (non-hydrogen) atoms. The van der Waals surface area contributed by atoms with Crippen LogP contribution in [0.2, 0.25) is 0 Å². The number of anilines is 2. The van der Waals surface area contributed by atoms with Gasteiger partial charge in [-0.1, -0.05) is 0 Å². The highest BCUT2D eigenvalue weighted by molar-refractivity contribution is 6.14. The fourth-order valence-corrected chi connectivity index (χ4v) is 5.56. The van der Waals surface area contributed by atoms with Crippen molar-refractivity contribution in [1.82, 2.24) is 24.5 Å². The summed E-state index contributed by atoms with van der Waals surface area (Å²) in [4.78, 5) is 28.5. The molecule has 0 radical (unpaired) electrons. The second kappa shape index (κ2) is 8.96. The van der Waals surface area contributed by atoms with Gasteiger partial charge < -0.3 is 20.2 Å². The summed E-state index contributed by atoms with van der Waals surface area (Å²) in [5.74, 6) is -1.75. The van der Waals surface area contributed by atoms with Crippen molar-refractivity contribution in [3.63, 3.8) is 0 Å². The molecule has 1 saturated heterocycles. The fourth-order valence-electron chi connectivity index (χ4n) is 5.56. The molecule has 2 N–H and O–H groups in total. The molecule has 2 aromatic heterocycles. The molecule has 6 rings (SSSR count). The number of piperidine rings is 1. The van der Waals surface area contributed by atoms with Crippen LogP contribution in [0.15, 0.2) is 30.6 Å². The number of carboxylic acid groups (broad SMARTS) is 1. The molecule has 1 saturated carbocycles. The van der Waals surface area contributed by atoms with Crippen LogP contribution >= 0.6 is 0 Å². The highest BCUT2D eigenvalue weighted by atomic mass is 19.1. The first-order valence-electron chi connectivity index (χ1n) is 12.6. The highest BCUT2D eigenvalue weighted by Crippen LogP contribution is 2.37. The minimum atomic E-state index is -0.898. The predicted molar refractivity (Wildman–Crippen MR) is 137 cm³/mol. The zero-order chi connectivity index (χ0) is 26.7. The normalized spacial score (nSPS) is 16.4. The van der Waals surface area contributed by atoms with Gasteiger partial charge in [0.15, 0.2) is 5.82 Å². The average Bonchev–Trinajstić information content (AvgIpc) is 3.49. The van der Waals surface area contributed by atoms with Crippen molar-refractivity contribution in [2.75, 3.05) is 23.3 Å². The summed E-state index contributed by atoms with van der Waals surface area (Å²) in [5, 5.41) is 21.8. The highest BCUT2D eigenvalue weighted by Gasteiger charge is 2.39. The van der Waals surface area contributed by atoms with Gasteiger partial charge in [-0.2, -0.15) is 10.2 Å². The lowest BCUT2D eigenvalue weighted by molar-refractivity contribution is 0.102. The fraction of sp³-hybridized carbons (Fsp3) is 0.385. The quantitative estimate of drug-likeness (QED) is 0.408. The summed E-state index contributed by atoms with van der Waals surface area (Å²) in [6.45, 7) is 0.968. The third-order valence-corrected chi connectivity index (χ3v) is 7.35. The van der Waals surface area contributed by atoms with E-state index < -0.39 is 23.6 Å². The van der Waals surface area contributed by atoms with Crippen LogP contribution in [0, 0.1) is 11.6 Å². The van der Waals surface area contributed by atoms with Gasteiger partial charge in [0.1, 0.15) is 16.9 Å². The Bertz CT molecular complexity index is 1580. The molecule has 0 atom stereocenters. The van der Waals surface area contributed by atoms with Gasteiger partial charge in [-0.3, -0.25) is 14.2 Å². The first-order chi connectivity index (χ1) is 18.2. The summed E-state index contributed by atoms with van der Waals surface area (Å²) >= 11 is 0. The molecule has 198 valence electrons. The number of amides is 2. The smallest absolute Gasteiger partial charge is 0.407 e. The van der Waals surface area contributed by atoms with Crippen molar-refractivity contribution in [1.29, 1.82) is 0 Å². The van der Waals surface area contributed by atoms with Gasteiger partial charge in [0.2, 0.25) is 0 Å². The Labute approximate surface area is 216 Å². The molecular weight excluding hydrogens is 496 g/mol. The molecule has 0 bridgehead atoms. The van der Waals surface area contributed by atoms with Crippen LogP contribution in [0.3, 0.4) is 0 Å². The Morgan fingerprint density at radius 1 is 0.947 bits per heavy atom. The summed E-state index contributed by atoms with van der Waals surface area (Å²) in [5.41, 5.74) is 1.13. The van der Waals surface area contributed by atoms with Crippen molar-refractivity contribution >= 4 is 45.2 Å². The maximum Gasteiger partial charge on any atom is 0.407 e. The summed E-state index contributed by atoms with van der Waals surface area (Å²) in [6.07, 6.45) is 5.38. The van der Waals surface area contributed by atoms with Crippen LogP contribution in [-0.2, 0) is 14.1 Å². The number of aryl methyl sites for hydroxylation is 2. The maximum absolute atomic E-state index is 15.6.